The highest BCUT2D eigenvalue weighted by molar-refractivity contribution is 7.87. The number of hydrogen-bond donors (Lipinski definition) is 0. The summed E-state index contributed by atoms with van der Waals surface area (Å²) in [6.45, 7) is 11.0. The zero-order valence-electron chi connectivity index (χ0n) is 15.1. The van der Waals surface area contributed by atoms with E-state index in [2.05, 4.69) is 32.9 Å². The van der Waals surface area contributed by atoms with E-state index >= 15 is 0 Å². The van der Waals surface area contributed by atoms with Gasteiger partial charge in [-0.15, -0.1) is 0 Å². The summed E-state index contributed by atoms with van der Waals surface area (Å²) in [5.41, 5.74) is 4.26. The highest BCUT2D eigenvalue weighted by atomic mass is 32.2. The molecule has 2 saturated heterocycles. The number of carbonyl (C=O) groups is 1. The van der Waals surface area contributed by atoms with Crippen molar-refractivity contribution >= 4 is 16.1 Å². The van der Waals surface area contributed by atoms with Crippen LogP contribution in [0.4, 0.5) is 0 Å². The molecule has 0 unspecified atom stereocenters. The van der Waals surface area contributed by atoms with Crippen molar-refractivity contribution in [1.29, 1.82) is 0 Å². The van der Waals surface area contributed by atoms with E-state index in [1.54, 1.807) is 0 Å². The SMILES string of the molecule is Cc1cc(C(C)(C)C)cc(C)c1CN1C(=O)[C@H]2CCCN2S1(=O)=O. The van der Waals surface area contributed by atoms with Gasteiger partial charge in [-0.2, -0.15) is 12.7 Å². The van der Waals surface area contributed by atoms with Crippen molar-refractivity contribution in [1.82, 2.24) is 8.61 Å². The summed E-state index contributed by atoms with van der Waals surface area (Å²) in [6, 6.07) is 3.73. The second kappa shape index (κ2) is 5.56. The van der Waals surface area contributed by atoms with Gasteiger partial charge in [-0.25, -0.2) is 4.31 Å². The molecule has 0 aliphatic carbocycles. The minimum Gasteiger partial charge on any atom is -0.272 e. The summed E-state index contributed by atoms with van der Waals surface area (Å²) >= 11 is 0. The van der Waals surface area contributed by atoms with Crippen molar-refractivity contribution < 1.29 is 13.2 Å². The maximum absolute atomic E-state index is 12.7. The van der Waals surface area contributed by atoms with Crippen molar-refractivity contribution in [3.05, 3.63) is 34.4 Å². The molecule has 3 rings (SSSR count). The second-order valence-corrected chi connectivity index (χ2v) is 9.77. The fourth-order valence-electron chi connectivity index (χ4n) is 3.65. The van der Waals surface area contributed by atoms with Crippen LogP contribution in [0.3, 0.4) is 0 Å². The van der Waals surface area contributed by atoms with Crippen molar-refractivity contribution in [2.24, 2.45) is 0 Å². The third kappa shape index (κ3) is 2.65. The predicted octanol–water partition coefficient (Wildman–Crippen LogP) is 2.65. The average molecular weight is 350 g/mol. The molecule has 2 heterocycles. The summed E-state index contributed by atoms with van der Waals surface area (Å²) in [4.78, 5) is 12.6. The lowest BCUT2D eigenvalue weighted by molar-refractivity contribution is -0.127. The molecule has 0 N–H and O–H groups in total. The predicted molar refractivity (Wildman–Crippen MR) is 93.8 cm³/mol. The first-order valence-electron chi connectivity index (χ1n) is 8.47. The Morgan fingerprint density at radius 2 is 1.75 bits per heavy atom. The van der Waals surface area contributed by atoms with Gasteiger partial charge in [0.2, 0.25) is 0 Å². The molecule has 6 heteroatoms. The zero-order chi connectivity index (χ0) is 17.9. The van der Waals surface area contributed by atoms with E-state index in [9.17, 15) is 13.2 Å². The van der Waals surface area contributed by atoms with Crippen molar-refractivity contribution in [3.8, 4) is 0 Å². The van der Waals surface area contributed by atoms with Crippen LogP contribution >= 0.6 is 0 Å². The van der Waals surface area contributed by atoms with Crippen LogP contribution in [-0.4, -0.2) is 35.5 Å². The van der Waals surface area contributed by atoms with Gasteiger partial charge in [-0.05, 0) is 54.4 Å². The number of aryl methyl sites for hydroxylation is 2. The number of hydrogen-bond acceptors (Lipinski definition) is 3. The lowest BCUT2D eigenvalue weighted by atomic mass is 9.84. The van der Waals surface area contributed by atoms with Crippen LogP contribution in [0.1, 0.15) is 55.9 Å². The minimum absolute atomic E-state index is 0.0340. The van der Waals surface area contributed by atoms with Crippen LogP contribution in [0.15, 0.2) is 12.1 Å². The molecule has 1 atom stereocenters. The maximum Gasteiger partial charge on any atom is 0.307 e. The molecule has 0 saturated carbocycles. The average Bonchev–Trinajstić information content (AvgIpc) is 2.99. The topological polar surface area (TPSA) is 57.7 Å². The lowest BCUT2D eigenvalue weighted by Gasteiger charge is -2.24. The minimum atomic E-state index is -3.67. The first kappa shape index (κ1) is 17.4. The number of rotatable bonds is 2. The van der Waals surface area contributed by atoms with Gasteiger partial charge in [0.15, 0.2) is 0 Å². The number of benzene rings is 1. The molecule has 0 spiro atoms. The van der Waals surface area contributed by atoms with Crippen LogP contribution in [0, 0.1) is 13.8 Å². The third-order valence-corrected chi connectivity index (χ3v) is 7.07. The lowest BCUT2D eigenvalue weighted by Crippen LogP contribution is -2.34. The van der Waals surface area contributed by atoms with Crippen LogP contribution in [0.25, 0.3) is 0 Å². The van der Waals surface area contributed by atoms with Gasteiger partial charge >= 0.3 is 10.2 Å². The van der Waals surface area contributed by atoms with E-state index < -0.39 is 16.3 Å². The zero-order valence-corrected chi connectivity index (χ0v) is 15.9. The monoisotopic (exact) mass is 350 g/mol. The largest absolute Gasteiger partial charge is 0.307 e. The molecule has 24 heavy (non-hydrogen) atoms. The summed E-state index contributed by atoms with van der Waals surface area (Å²) in [7, 11) is -3.67. The van der Waals surface area contributed by atoms with Gasteiger partial charge in [0.1, 0.15) is 6.04 Å². The standard InChI is InChI=1S/C18H26N2O3S/c1-12-9-14(18(3,4)5)10-13(2)15(12)11-20-17(21)16-7-6-8-19(16)24(20,22)23/h9-10,16H,6-8,11H2,1-5H3/t16-/m1/s1. The second-order valence-electron chi connectivity index (χ2n) is 7.96. The smallest absolute Gasteiger partial charge is 0.272 e. The molecule has 2 aliphatic rings. The van der Waals surface area contributed by atoms with Gasteiger partial charge in [0.25, 0.3) is 5.91 Å². The van der Waals surface area contributed by atoms with E-state index in [4.69, 9.17) is 0 Å². The fraction of sp³-hybridized carbons (Fsp3) is 0.611. The fourth-order valence-corrected chi connectivity index (χ4v) is 5.42. The van der Waals surface area contributed by atoms with Gasteiger partial charge in [-0.3, -0.25) is 4.79 Å². The normalized spacial score (nSPS) is 23.8. The molecule has 5 nitrogen and oxygen atoms in total. The van der Waals surface area contributed by atoms with Crippen LogP contribution in [0.5, 0.6) is 0 Å². The van der Waals surface area contributed by atoms with Crippen LogP contribution < -0.4 is 0 Å². The molecular formula is C18H26N2O3S. The van der Waals surface area contributed by atoms with Gasteiger partial charge in [-0.1, -0.05) is 32.9 Å². The van der Waals surface area contributed by atoms with Gasteiger partial charge in [0, 0.05) is 6.54 Å². The van der Waals surface area contributed by atoms with Crippen molar-refractivity contribution in [2.75, 3.05) is 6.54 Å². The summed E-state index contributed by atoms with van der Waals surface area (Å²) in [6.07, 6.45) is 1.40. The first-order chi connectivity index (χ1) is 11.0. The Morgan fingerprint density at radius 3 is 2.25 bits per heavy atom. The Kier molecular flexibility index (Phi) is 4.04. The Balaban J connectivity index is 1.96. The molecule has 0 radical (unpaired) electrons. The maximum atomic E-state index is 12.7. The molecule has 0 aromatic heterocycles. The van der Waals surface area contributed by atoms with E-state index in [0.29, 0.717) is 13.0 Å². The quantitative estimate of drug-likeness (QED) is 0.824. The Labute approximate surface area is 144 Å². The Hall–Kier alpha value is -1.40. The first-order valence-corrected chi connectivity index (χ1v) is 9.87. The molecular weight excluding hydrogens is 324 g/mol. The summed E-state index contributed by atoms with van der Waals surface area (Å²) in [5, 5.41) is 0. The van der Waals surface area contributed by atoms with Crippen LogP contribution in [-0.2, 0) is 27.0 Å². The molecule has 1 aromatic carbocycles. The van der Waals surface area contributed by atoms with Gasteiger partial charge in [0.05, 0.1) is 6.54 Å². The van der Waals surface area contributed by atoms with Crippen molar-refractivity contribution in [3.63, 3.8) is 0 Å². The molecule has 2 aliphatic heterocycles. The van der Waals surface area contributed by atoms with E-state index in [0.717, 1.165) is 27.4 Å². The molecule has 0 bridgehead atoms. The molecule has 1 aromatic rings. The highest BCUT2D eigenvalue weighted by Gasteiger charge is 2.52. The molecule has 2 fully saturated rings. The summed E-state index contributed by atoms with van der Waals surface area (Å²) < 4.78 is 27.8. The number of nitrogens with zero attached hydrogens (tertiary/aromatic N) is 2. The number of fused-ring (bicyclic) bond motifs is 1. The van der Waals surface area contributed by atoms with E-state index in [1.165, 1.54) is 9.87 Å². The Bertz CT molecular complexity index is 770. The summed E-state index contributed by atoms with van der Waals surface area (Å²) in [5.74, 6) is -0.272. The van der Waals surface area contributed by atoms with Crippen molar-refractivity contribution in [2.45, 2.75) is 65.5 Å². The highest BCUT2D eigenvalue weighted by Crippen LogP contribution is 2.34. The van der Waals surface area contributed by atoms with E-state index in [1.807, 2.05) is 13.8 Å². The molecule has 132 valence electrons. The van der Waals surface area contributed by atoms with Crippen LogP contribution in [0.2, 0.25) is 0 Å². The number of carbonyl (C=O) groups excluding carboxylic acids is 1. The number of amides is 1. The third-order valence-electron chi connectivity index (χ3n) is 5.17. The Morgan fingerprint density at radius 1 is 1.17 bits per heavy atom. The van der Waals surface area contributed by atoms with Gasteiger partial charge < -0.3 is 0 Å². The van der Waals surface area contributed by atoms with E-state index in [-0.39, 0.29) is 17.9 Å². The molecule has 1 amide bonds.